The third-order valence-electron chi connectivity index (χ3n) is 4.64. The van der Waals surface area contributed by atoms with Crippen LogP contribution >= 0.6 is 0 Å². The zero-order chi connectivity index (χ0) is 18.2. The van der Waals surface area contributed by atoms with Crippen molar-refractivity contribution in [3.8, 4) is 0 Å². The van der Waals surface area contributed by atoms with Crippen LogP contribution in [0.25, 0.3) is 0 Å². The van der Waals surface area contributed by atoms with Gasteiger partial charge in [-0.1, -0.05) is 30.3 Å². The van der Waals surface area contributed by atoms with Crippen molar-refractivity contribution in [1.82, 2.24) is 9.80 Å². The number of carbonyl (C=O) groups excluding carboxylic acids is 1. The van der Waals surface area contributed by atoms with Crippen molar-refractivity contribution in [1.29, 1.82) is 0 Å². The number of hydrogen-bond donors (Lipinski definition) is 1. The maximum atomic E-state index is 12.2. The standard InChI is InChI=1S/C19H28N2O4/c1-15(2)21(13-18(22)23)12-16-8-10-20(11-9-16)19(24)25-14-17-6-4-3-5-7-17/h3-7,15-16H,8-14H2,1-2H3,(H,22,23). The van der Waals surface area contributed by atoms with Gasteiger partial charge in [0.15, 0.2) is 0 Å². The molecule has 6 nitrogen and oxygen atoms in total. The van der Waals surface area contributed by atoms with Gasteiger partial charge in [-0.3, -0.25) is 9.69 Å². The Labute approximate surface area is 149 Å². The van der Waals surface area contributed by atoms with E-state index in [1.807, 2.05) is 49.1 Å². The van der Waals surface area contributed by atoms with Gasteiger partial charge in [0.05, 0.1) is 6.54 Å². The molecule has 1 saturated heterocycles. The van der Waals surface area contributed by atoms with Crippen molar-refractivity contribution < 1.29 is 19.4 Å². The number of likely N-dealkylation sites (tertiary alicyclic amines) is 1. The van der Waals surface area contributed by atoms with E-state index in [2.05, 4.69) is 0 Å². The maximum Gasteiger partial charge on any atom is 0.410 e. The van der Waals surface area contributed by atoms with Crippen molar-refractivity contribution in [2.45, 2.75) is 39.3 Å². The van der Waals surface area contributed by atoms with Crippen LogP contribution < -0.4 is 0 Å². The lowest BCUT2D eigenvalue weighted by Gasteiger charge is -2.35. The first-order chi connectivity index (χ1) is 12.0. The molecule has 1 heterocycles. The first kappa shape index (κ1) is 19.2. The van der Waals surface area contributed by atoms with Crippen molar-refractivity contribution in [3.05, 3.63) is 35.9 Å². The summed E-state index contributed by atoms with van der Waals surface area (Å²) < 4.78 is 5.37. The average Bonchev–Trinajstić information content (AvgIpc) is 2.60. The van der Waals surface area contributed by atoms with E-state index >= 15 is 0 Å². The molecule has 0 unspecified atom stereocenters. The zero-order valence-corrected chi connectivity index (χ0v) is 15.1. The van der Waals surface area contributed by atoms with Crippen LogP contribution in [0.5, 0.6) is 0 Å². The fourth-order valence-corrected chi connectivity index (χ4v) is 3.07. The van der Waals surface area contributed by atoms with Crippen LogP contribution in [0, 0.1) is 5.92 Å². The van der Waals surface area contributed by atoms with Crippen molar-refractivity contribution in [2.24, 2.45) is 5.92 Å². The fraction of sp³-hybridized carbons (Fsp3) is 0.579. The monoisotopic (exact) mass is 348 g/mol. The van der Waals surface area contributed by atoms with Crippen LogP contribution in [-0.4, -0.2) is 59.2 Å². The quantitative estimate of drug-likeness (QED) is 0.820. The van der Waals surface area contributed by atoms with Crippen molar-refractivity contribution in [2.75, 3.05) is 26.2 Å². The topological polar surface area (TPSA) is 70.1 Å². The van der Waals surface area contributed by atoms with Gasteiger partial charge in [0, 0.05) is 25.7 Å². The number of amides is 1. The lowest BCUT2D eigenvalue weighted by molar-refractivity contribution is -0.139. The van der Waals surface area contributed by atoms with E-state index in [0.29, 0.717) is 25.6 Å². The molecule has 0 saturated carbocycles. The molecule has 6 heteroatoms. The highest BCUT2D eigenvalue weighted by Crippen LogP contribution is 2.20. The molecule has 138 valence electrons. The van der Waals surface area contributed by atoms with E-state index in [-0.39, 0.29) is 18.7 Å². The summed E-state index contributed by atoms with van der Waals surface area (Å²) in [5.74, 6) is -0.379. The van der Waals surface area contributed by atoms with Gasteiger partial charge < -0.3 is 14.7 Å². The summed E-state index contributed by atoms with van der Waals surface area (Å²) in [5, 5.41) is 9.02. The summed E-state index contributed by atoms with van der Waals surface area (Å²) in [5.41, 5.74) is 0.979. The first-order valence-electron chi connectivity index (χ1n) is 8.87. The molecule has 0 aromatic heterocycles. The molecule has 1 aliphatic rings. The number of carboxylic acids is 1. The maximum absolute atomic E-state index is 12.2. The molecule has 0 spiro atoms. The second-order valence-electron chi connectivity index (χ2n) is 6.89. The summed E-state index contributed by atoms with van der Waals surface area (Å²) in [6.07, 6.45) is 1.49. The Bertz CT molecular complexity index is 554. The predicted molar refractivity (Wildman–Crippen MR) is 95.3 cm³/mol. The summed E-state index contributed by atoms with van der Waals surface area (Å²) in [6.45, 7) is 6.47. The van der Waals surface area contributed by atoms with Crippen LogP contribution in [0.3, 0.4) is 0 Å². The van der Waals surface area contributed by atoms with Gasteiger partial charge in [0.2, 0.25) is 0 Å². The zero-order valence-electron chi connectivity index (χ0n) is 15.1. The van der Waals surface area contributed by atoms with E-state index in [1.54, 1.807) is 4.90 Å². The third kappa shape index (κ3) is 6.38. The summed E-state index contributed by atoms with van der Waals surface area (Å²) in [6, 6.07) is 9.84. The summed E-state index contributed by atoms with van der Waals surface area (Å²) in [4.78, 5) is 26.9. The van der Waals surface area contributed by atoms with Gasteiger partial charge in [0.1, 0.15) is 6.61 Å². The van der Waals surface area contributed by atoms with E-state index in [0.717, 1.165) is 24.9 Å². The molecule has 1 aliphatic heterocycles. The first-order valence-corrected chi connectivity index (χ1v) is 8.87. The Kier molecular flexibility index (Phi) is 7.25. The highest BCUT2D eigenvalue weighted by Gasteiger charge is 2.26. The van der Waals surface area contributed by atoms with Crippen LogP contribution in [0.15, 0.2) is 30.3 Å². The molecule has 0 aliphatic carbocycles. The number of rotatable bonds is 7. The van der Waals surface area contributed by atoms with Crippen molar-refractivity contribution in [3.63, 3.8) is 0 Å². The molecule has 1 N–H and O–H groups in total. The summed E-state index contributed by atoms with van der Waals surface area (Å²) >= 11 is 0. The second kappa shape index (κ2) is 9.42. The molecule has 1 fully saturated rings. The van der Waals surface area contributed by atoms with Gasteiger partial charge in [0.25, 0.3) is 0 Å². The highest BCUT2D eigenvalue weighted by atomic mass is 16.6. The molecular formula is C19H28N2O4. The Balaban J connectivity index is 1.74. The lowest BCUT2D eigenvalue weighted by Crippen LogP contribution is -2.44. The highest BCUT2D eigenvalue weighted by molar-refractivity contribution is 5.69. The Morgan fingerprint density at radius 1 is 1.24 bits per heavy atom. The van der Waals surface area contributed by atoms with E-state index in [9.17, 15) is 9.59 Å². The van der Waals surface area contributed by atoms with Gasteiger partial charge in [-0.25, -0.2) is 4.79 Å². The minimum absolute atomic E-state index is 0.0665. The average molecular weight is 348 g/mol. The molecule has 0 radical (unpaired) electrons. The number of carbonyl (C=O) groups is 2. The SMILES string of the molecule is CC(C)N(CC(=O)O)CC1CCN(C(=O)OCc2ccccc2)CC1. The van der Waals surface area contributed by atoms with E-state index < -0.39 is 5.97 Å². The molecule has 0 atom stereocenters. The number of ether oxygens (including phenoxy) is 1. The number of benzene rings is 1. The van der Waals surface area contributed by atoms with Gasteiger partial charge >= 0.3 is 12.1 Å². The molecule has 1 aromatic carbocycles. The molecule has 0 bridgehead atoms. The minimum Gasteiger partial charge on any atom is -0.480 e. The Hall–Kier alpha value is -2.08. The van der Waals surface area contributed by atoms with Gasteiger partial charge in [-0.15, -0.1) is 0 Å². The van der Waals surface area contributed by atoms with Gasteiger partial charge in [-0.2, -0.15) is 0 Å². The normalized spacial score (nSPS) is 15.6. The second-order valence-corrected chi connectivity index (χ2v) is 6.89. The van der Waals surface area contributed by atoms with Crippen LogP contribution in [0.4, 0.5) is 4.79 Å². The number of carboxylic acid groups (broad SMARTS) is 1. The molecule has 2 rings (SSSR count). The van der Waals surface area contributed by atoms with E-state index in [1.165, 1.54) is 0 Å². The van der Waals surface area contributed by atoms with Crippen LogP contribution in [0.1, 0.15) is 32.3 Å². The van der Waals surface area contributed by atoms with Crippen LogP contribution in [0.2, 0.25) is 0 Å². The van der Waals surface area contributed by atoms with Crippen molar-refractivity contribution >= 4 is 12.1 Å². The number of aliphatic carboxylic acids is 1. The number of nitrogens with zero attached hydrogens (tertiary/aromatic N) is 2. The summed E-state index contributed by atoms with van der Waals surface area (Å²) in [7, 11) is 0. The molecule has 25 heavy (non-hydrogen) atoms. The largest absolute Gasteiger partial charge is 0.480 e. The van der Waals surface area contributed by atoms with E-state index in [4.69, 9.17) is 9.84 Å². The lowest BCUT2D eigenvalue weighted by atomic mass is 9.96. The Morgan fingerprint density at radius 3 is 2.44 bits per heavy atom. The molecule has 1 amide bonds. The van der Waals surface area contributed by atoms with Gasteiger partial charge in [-0.05, 0) is 38.2 Å². The molecular weight excluding hydrogens is 320 g/mol. The Morgan fingerprint density at radius 2 is 1.88 bits per heavy atom. The van der Waals surface area contributed by atoms with Crippen LogP contribution in [-0.2, 0) is 16.1 Å². The third-order valence-corrected chi connectivity index (χ3v) is 4.64. The molecule has 1 aromatic rings. The fourth-order valence-electron chi connectivity index (χ4n) is 3.07. The minimum atomic E-state index is -0.796. The number of hydrogen-bond acceptors (Lipinski definition) is 4. The number of piperidine rings is 1. The predicted octanol–water partition coefficient (Wildman–Crippen LogP) is 2.83. The smallest absolute Gasteiger partial charge is 0.410 e.